The number of H-pyrrole nitrogens is 1. The highest BCUT2D eigenvalue weighted by Gasteiger charge is 2.12. The molecule has 5 heteroatoms. The fourth-order valence-corrected chi connectivity index (χ4v) is 3.17. The second-order valence-corrected chi connectivity index (χ2v) is 6.60. The number of aromatic amines is 1. The van der Waals surface area contributed by atoms with Crippen LogP contribution in [-0.2, 0) is 9.84 Å². The third-order valence-corrected chi connectivity index (χ3v) is 4.58. The van der Waals surface area contributed by atoms with E-state index in [1.54, 1.807) is 23.9 Å². The standard InChI is InChI=1S/C11H13NO2S2/c1-7-11(15-2)9-6-8(16(3,13)14)4-5-10(9)12-7/h4-6,12H,1-3H3. The second-order valence-electron chi connectivity index (χ2n) is 3.76. The molecule has 1 heterocycles. The van der Waals surface area contributed by atoms with E-state index in [9.17, 15) is 8.42 Å². The van der Waals surface area contributed by atoms with Crippen LogP contribution in [0.2, 0.25) is 0 Å². The van der Waals surface area contributed by atoms with Gasteiger partial charge < -0.3 is 4.98 Å². The summed E-state index contributed by atoms with van der Waals surface area (Å²) >= 11 is 1.62. The minimum Gasteiger partial charge on any atom is -0.358 e. The molecule has 0 aliphatic carbocycles. The number of rotatable bonds is 2. The first-order valence-corrected chi connectivity index (χ1v) is 7.91. The Morgan fingerprint density at radius 1 is 1.31 bits per heavy atom. The van der Waals surface area contributed by atoms with Gasteiger partial charge in [0, 0.05) is 27.7 Å². The number of nitrogens with one attached hydrogen (secondary N) is 1. The van der Waals surface area contributed by atoms with Gasteiger partial charge in [0.15, 0.2) is 9.84 Å². The van der Waals surface area contributed by atoms with Crippen molar-refractivity contribution in [2.24, 2.45) is 0 Å². The Labute approximate surface area is 99.2 Å². The van der Waals surface area contributed by atoms with Gasteiger partial charge in [0.05, 0.1) is 4.90 Å². The fraction of sp³-hybridized carbons (Fsp3) is 0.273. The van der Waals surface area contributed by atoms with Crippen LogP contribution in [0.25, 0.3) is 10.9 Å². The molecule has 0 spiro atoms. The summed E-state index contributed by atoms with van der Waals surface area (Å²) in [6.07, 6.45) is 3.22. The van der Waals surface area contributed by atoms with Gasteiger partial charge in [0.25, 0.3) is 0 Å². The molecule has 0 aliphatic rings. The maximum atomic E-state index is 11.5. The molecule has 3 nitrogen and oxygen atoms in total. The Morgan fingerprint density at radius 3 is 2.56 bits per heavy atom. The minimum atomic E-state index is -3.13. The van der Waals surface area contributed by atoms with Crippen molar-refractivity contribution in [3.63, 3.8) is 0 Å². The van der Waals surface area contributed by atoms with Crippen molar-refractivity contribution in [1.29, 1.82) is 0 Å². The number of fused-ring (bicyclic) bond motifs is 1. The largest absolute Gasteiger partial charge is 0.358 e. The number of aryl methyl sites for hydroxylation is 1. The number of hydrogen-bond donors (Lipinski definition) is 1. The highest BCUT2D eigenvalue weighted by molar-refractivity contribution is 7.98. The van der Waals surface area contributed by atoms with Gasteiger partial charge in [0.1, 0.15) is 0 Å². The van der Waals surface area contributed by atoms with Crippen molar-refractivity contribution < 1.29 is 8.42 Å². The Hall–Kier alpha value is -0.940. The Bertz CT molecular complexity index is 641. The van der Waals surface area contributed by atoms with Crippen molar-refractivity contribution in [2.45, 2.75) is 16.7 Å². The maximum Gasteiger partial charge on any atom is 0.175 e. The number of aromatic nitrogens is 1. The first-order chi connectivity index (χ1) is 7.43. The summed E-state index contributed by atoms with van der Waals surface area (Å²) in [5, 5.41) is 0.980. The molecule has 2 rings (SSSR count). The van der Waals surface area contributed by atoms with Crippen LogP contribution in [0.5, 0.6) is 0 Å². The molecule has 1 aromatic heterocycles. The van der Waals surface area contributed by atoms with Gasteiger partial charge in [-0.25, -0.2) is 8.42 Å². The molecule has 0 unspecified atom stereocenters. The van der Waals surface area contributed by atoms with E-state index >= 15 is 0 Å². The van der Waals surface area contributed by atoms with Crippen molar-refractivity contribution in [1.82, 2.24) is 4.98 Å². The van der Waals surface area contributed by atoms with Crippen LogP contribution in [0, 0.1) is 6.92 Å². The lowest BCUT2D eigenvalue weighted by Crippen LogP contribution is -1.96. The number of sulfone groups is 1. The molecule has 0 saturated heterocycles. The van der Waals surface area contributed by atoms with Gasteiger partial charge >= 0.3 is 0 Å². The van der Waals surface area contributed by atoms with Crippen LogP contribution < -0.4 is 0 Å². The normalized spacial score (nSPS) is 12.2. The molecule has 1 aromatic carbocycles. The van der Waals surface area contributed by atoms with E-state index in [-0.39, 0.29) is 0 Å². The number of benzene rings is 1. The predicted octanol–water partition coefficient (Wildman–Crippen LogP) is 2.60. The zero-order valence-corrected chi connectivity index (χ0v) is 11.0. The number of thioether (sulfide) groups is 1. The first-order valence-electron chi connectivity index (χ1n) is 4.80. The fourth-order valence-electron chi connectivity index (χ4n) is 1.77. The molecular formula is C11H13NO2S2. The first kappa shape index (κ1) is 11.5. The zero-order chi connectivity index (χ0) is 11.9. The van der Waals surface area contributed by atoms with Crippen molar-refractivity contribution in [2.75, 3.05) is 12.5 Å². The Balaban J connectivity index is 2.79. The molecule has 0 atom stereocenters. The van der Waals surface area contributed by atoms with E-state index in [1.165, 1.54) is 6.26 Å². The monoisotopic (exact) mass is 255 g/mol. The zero-order valence-electron chi connectivity index (χ0n) is 9.37. The summed E-state index contributed by atoms with van der Waals surface area (Å²) in [7, 11) is -3.13. The lowest BCUT2D eigenvalue weighted by atomic mass is 10.2. The average molecular weight is 255 g/mol. The third kappa shape index (κ3) is 1.85. The molecule has 86 valence electrons. The van der Waals surface area contributed by atoms with Gasteiger partial charge in [-0.15, -0.1) is 11.8 Å². The van der Waals surface area contributed by atoms with E-state index in [4.69, 9.17) is 0 Å². The van der Waals surface area contributed by atoms with Crippen molar-refractivity contribution in [3.8, 4) is 0 Å². The molecular weight excluding hydrogens is 242 g/mol. The van der Waals surface area contributed by atoms with E-state index in [0.29, 0.717) is 4.90 Å². The maximum absolute atomic E-state index is 11.5. The Kier molecular flexibility index (Phi) is 2.75. The summed E-state index contributed by atoms with van der Waals surface area (Å²) in [4.78, 5) is 4.72. The third-order valence-electron chi connectivity index (χ3n) is 2.53. The minimum absolute atomic E-state index is 0.370. The summed E-state index contributed by atoms with van der Waals surface area (Å²) in [5.41, 5.74) is 2.06. The highest BCUT2D eigenvalue weighted by Crippen LogP contribution is 2.31. The van der Waals surface area contributed by atoms with Crippen molar-refractivity contribution in [3.05, 3.63) is 23.9 Å². The van der Waals surface area contributed by atoms with E-state index in [2.05, 4.69) is 4.98 Å². The molecule has 16 heavy (non-hydrogen) atoms. The molecule has 0 bridgehead atoms. The lowest BCUT2D eigenvalue weighted by molar-refractivity contribution is 0.602. The van der Waals surface area contributed by atoms with E-state index in [0.717, 1.165) is 21.5 Å². The van der Waals surface area contributed by atoms with Gasteiger partial charge in [-0.1, -0.05) is 0 Å². The van der Waals surface area contributed by atoms with E-state index < -0.39 is 9.84 Å². The summed E-state index contributed by atoms with van der Waals surface area (Å²) in [5.74, 6) is 0. The van der Waals surface area contributed by atoms with Crippen LogP contribution in [0.1, 0.15) is 5.69 Å². The lowest BCUT2D eigenvalue weighted by Gasteiger charge is -1.99. The van der Waals surface area contributed by atoms with Crippen LogP contribution in [0.4, 0.5) is 0 Å². The van der Waals surface area contributed by atoms with Crippen LogP contribution in [0.3, 0.4) is 0 Å². The summed E-state index contributed by atoms with van der Waals surface area (Å²) in [6.45, 7) is 1.99. The van der Waals surface area contributed by atoms with Gasteiger partial charge in [0.2, 0.25) is 0 Å². The predicted molar refractivity (Wildman–Crippen MR) is 67.9 cm³/mol. The Morgan fingerprint density at radius 2 is 2.00 bits per heavy atom. The van der Waals surface area contributed by atoms with Crippen LogP contribution >= 0.6 is 11.8 Å². The van der Waals surface area contributed by atoms with Gasteiger partial charge in [-0.3, -0.25) is 0 Å². The highest BCUT2D eigenvalue weighted by atomic mass is 32.2. The number of hydrogen-bond acceptors (Lipinski definition) is 3. The SMILES string of the molecule is CSc1c(C)[nH]c2ccc(S(C)(=O)=O)cc12. The molecule has 2 aromatic rings. The smallest absolute Gasteiger partial charge is 0.175 e. The molecule has 0 radical (unpaired) electrons. The topological polar surface area (TPSA) is 49.9 Å². The van der Waals surface area contributed by atoms with Crippen molar-refractivity contribution >= 4 is 32.5 Å². The molecule has 0 aliphatic heterocycles. The molecule has 0 amide bonds. The van der Waals surface area contributed by atoms with Gasteiger partial charge in [-0.05, 0) is 31.4 Å². The molecule has 1 N–H and O–H groups in total. The quantitative estimate of drug-likeness (QED) is 0.839. The average Bonchev–Trinajstić information content (AvgIpc) is 2.50. The van der Waals surface area contributed by atoms with E-state index in [1.807, 2.05) is 19.2 Å². The molecule has 0 saturated carbocycles. The summed E-state index contributed by atoms with van der Waals surface area (Å²) < 4.78 is 22.9. The van der Waals surface area contributed by atoms with Gasteiger partial charge in [-0.2, -0.15) is 0 Å². The van der Waals surface area contributed by atoms with Crippen LogP contribution in [-0.4, -0.2) is 25.9 Å². The molecule has 0 fully saturated rings. The second kappa shape index (κ2) is 3.82. The summed E-state index contributed by atoms with van der Waals surface area (Å²) in [6, 6.07) is 5.19. The van der Waals surface area contributed by atoms with Crippen LogP contribution in [0.15, 0.2) is 28.0 Å².